The predicted octanol–water partition coefficient (Wildman–Crippen LogP) is 4.02. The summed E-state index contributed by atoms with van der Waals surface area (Å²) in [5, 5.41) is 9.25. The van der Waals surface area contributed by atoms with Gasteiger partial charge in [-0.1, -0.05) is 25.0 Å². The van der Waals surface area contributed by atoms with E-state index in [0.29, 0.717) is 5.82 Å². The molecule has 154 valence electrons. The molecule has 7 heteroatoms. The van der Waals surface area contributed by atoms with E-state index in [2.05, 4.69) is 15.2 Å². The van der Waals surface area contributed by atoms with Crippen molar-refractivity contribution in [1.82, 2.24) is 29.5 Å². The van der Waals surface area contributed by atoms with Gasteiger partial charge in [0.25, 0.3) is 0 Å². The van der Waals surface area contributed by atoms with Crippen LogP contribution in [-0.4, -0.2) is 55.6 Å². The van der Waals surface area contributed by atoms with E-state index in [4.69, 9.17) is 15.1 Å². The number of aromatic nitrogens is 5. The summed E-state index contributed by atoms with van der Waals surface area (Å²) in [6, 6.07) is 12.0. The average molecular weight is 402 g/mol. The smallest absolute Gasteiger partial charge is 0.226 e. The van der Waals surface area contributed by atoms with Gasteiger partial charge in [-0.25, -0.2) is 9.97 Å². The van der Waals surface area contributed by atoms with Crippen LogP contribution >= 0.6 is 0 Å². The van der Waals surface area contributed by atoms with Crippen molar-refractivity contribution < 1.29 is 0 Å². The van der Waals surface area contributed by atoms with Crippen LogP contribution in [0, 0.1) is 0 Å². The van der Waals surface area contributed by atoms with Crippen molar-refractivity contribution in [2.45, 2.75) is 32.1 Å². The molecule has 0 aliphatic carbocycles. The van der Waals surface area contributed by atoms with Crippen molar-refractivity contribution in [3.05, 3.63) is 48.8 Å². The first-order chi connectivity index (χ1) is 14.9. The molecule has 1 aliphatic heterocycles. The third-order valence-electron chi connectivity index (χ3n) is 5.73. The Morgan fingerprint density at radius 2 is 1.80 bits per heavy atom. The van der Waals surface area contributed by atoms with E-state index in [1.807, 2.05) is 40.9 Å². The van der Waals surface area contributed by atoms with Crippen LogP contribution in [-0.2, 0) is 0 Å². The Bertz CT molecular complexity index is 1110. The summed E-state index contributed by atoms with van der Waals surface area (Å²) in [5.41, 5.74) is 2.64. The fraction of sp³-hybridized carbons (Fsp3) is 0.391. The summed E-state index contributed by atoms with van der Waals surface area (Å²) >= 11 is 0. The molecule has 5 rings (SSSR count). The van der Waals surface area contributed by atoms with Crippen LogP contribution in [0.3, 0.4) is 0 Å². The van der Waals surface area contributed by atoms with E-state index >= 15 is 0 Å². The van der Waals surface area contributed by atoms with Crippen molar-refractivity contribution in [1.29, 1.82) is 0 Å². The number of benzene rings is 1. The second-order valence-electron chi connectivity index (χ2n) is 7.90. The maximum Gasteiger partial charge on any atom is 0.226 e. The largest absolute Gasteiger partial charge is 0.354 e. The summed E-state index contributed by atoms with van der Waals surface area (Å²) in [4.78, 5) is 16.4. The molecular weight excluding hydrogens is 374 g/mol. The van der Waals surface area contributed by atoms with Gasteiger partial charge in [-0.05, 0) is 63.2 Å². The molecule has 0 unspecified atom stereocenters. The lowest BCUT2D eigenvalue weighted by Crippen LogP contribution is -2.27. The Kier molecular flexibility index (Phi) is 5.52. The first kappa shape index (κ1) is 18.9. The highest BCUT2D eigenvalue weighted by Crippen LogP contribution is 2.23. The molecule has 0 bridgehead atoms. The van der Waals surface area contributed by atoms with Crippen molar-refractivity contribution >= 4 is 22.5 Å². The molecule has 0 spiro atoms. The van der Waals surface area contributed by atoms with Gasteiger partial charge in [0.15, 0.2) is 11.5 Å². The molecular formula is C23H27N7. The number of likely N-dealkylation sites (tertiary alicyclic amines) is 1. The highest BCUT2D eigenvalue weighted by molar-refractivity contribution is 5.92. The third kappa shape index (κ3) is 3.98. The molecule has 4 aromatic rings. The van der Waals surface area contributed by atoms with Crippen molar-refractivity contribution in [2.75, 3.05) is 31.5 Å². The Balaban J connectivity index is 1.39. The maximum absolute atomic E-state index is 4.83. The third-order valence-corrected chi connectivity index (χ3v) is 5.73. The molecule has 1 fully saturated rings. The lowest BCUT2D eigenvalue weighted by Gasteiger charge is -2.19. The average Bonchev–Trinajstić information content (AvgIpc) is 3.09. The van der Waals surface area contributed by atoms with Crippen LogP contribution < -0.4 is 5.32 Å². The van der Waals surface area contributed by atoms with Crippen LogP contribution in [0.1, 0.15) is 32.1 Å². The van der Waals surface area contributed by atoms with Crippen molar-refractivity contribution in [3.8, 4) is 11.4 Å². The topological polar surface area (TPSA) is 71.2 Å². The summed E-state index contributed by atoms with van der Waals surface area (Å²) < 4.78 is 1.83. The first-order valence-corrected chi connectivity index (χ1v) is 10.9. The van der Waals surface area contributed by atoms with E-state index < -0.39 is 0 Å². The summed E-state index contributed by atoms with van der Waals surface area (Å²) in [7, 11) is 0. The molecule has 30 heavy (non-hydrogen) atoms. The van der Waals surface area contributed by atoms with Crippen LogP contribution in [0.2, 0.25) is 0 Å². The lowest BCUT2D eigenvalue weighted by atomic mass is 10.2. The second-order valence-corrected chi connectivity index (χ2v) is 7.90. The Morgan fingerprint density at radius 1 is 0.933 bits per heavy atom. The number of anilines is 1. The molecule has 0 amide bonds. The quantitative estimate of drug-likeness (QED) is 0.492. The van der Waals surface area contributed by atoms with E-state index in [-0.39, 0.29) is 0 Å². The minimum Gasteiger partial charge on any atom is -0.354 e. The molecule has 0 saturated carbocycles. The minimum atomic E-state index is 0.661. The normalized spacial score (nSPS) is 15.5. The lowest BCUT2D eigenvalue weighted by molar-refractivity contribution is 0.284. The number of nitrogens with zero attached hydrogens (tertiary/aromatic N) is 6. The molecule has 3 aromatic heterocycles. The molecule has 1 aromatic carbocycles. The van der Waals surface area contributed by atoms with E-state index in [9.17, 15) is 0 Å². The molecule has 1 aliphatic rings. The number of fused-ring (bicyclic) bond motifs is 3. The standard InChI is InChI=1S/C23H27N7/c1-2-6-15-29(14-5-1)16-8-13-25-23-26-20-11-4-3-10-19(20)22-27-21(28-30(22)23)18-9-7-12-24-17-18/h3-4,7,9-12,17H,1-2,5-6,8,13-16H2,(H,25,26). The zero-order chi connectivity index (χ0) is 20.2. The molecule has 0 radical (unpaired) electrons. The Morgan fingerprint density at radius 3 is 2.63 bits per heavy atom. The van der Waals surface area contributed by atoms with Gasteiger partial charge >= 0.3 is 0 Å². The molecule has 1 saturated heterocycles. The number of pyridine rings is 1. The van der Waals surface area contributed by atoms with Gasteiger partial charge in [0.2, 0.25) is 5.95 Å². The van der Waals surface area contributed by atoms with Crippen molar-refractivity contribution in [3.63, 3.8) is 0 Å². The summed E-state index contributed by atoms with van der Waals surface area (Å²) in [6.45, 7) is 4.45. The van der Waals surface area contributed by atoms with Gasteiger partial charge in [-0.2, -0.15) is 4.52 Å². The second kappa shape index (κ2) is 8.75. The van der Waals surface area contributed by atoms with E-state index in [1.165, 1.54) is 38.8 Å². The fourth-order valence-corrected chi connectivity index (χ4v) is 4.15. The summed E-state index contributed by atoms with van der Waals surface area (Å²) in [6.07, 6.45) is 10.0. The van der Waals surface area contributed by atoms with Gasteiger partial charge in [0.1, 0.15) is 0 Å². The molecule has 1 N–H and O–H groups in total. The van der Waals surface area contributed by atoms with Crippen LogP contribution in [0.15, 0.2) is 48.8 Å². The van der Waals surface area contributed by atoms with Crippen LogP contribution in [0.4, 0.5) is 5.95 Å². The number of rotatable bonds is 6. The molecule has 7 nitrogen and oxygen atoms in total. The van der Waals surface area contributed by atoms with E-state index in [0.717, 1.165) is 47.6 Å². The zero-order valence-electron chi connectivity index (χ0n) is 17.2. The first-order valence-electron chi connectivity index (χ1n) is 10.9. The highest BCUT2D eigenvalue weighted by atomic mass is 15.4. The monoisotopic (exact) mass is 401 g/mol. The SMILES string of the molecule is c1cncc(-c2nc3c4ccccc4nc(NCCCN4CCCCCC4)n3n2)c1. The Hall–Kier alpha value is -3.06. The van der Waals surface area contributed by atoms with Gasteiger partial charge < -0.3 is 10.2 Å². The number of para-hydroxylation sites is 1. The fourth-order valence-electron chi connectivity index (χ4n) is 4.15. The molecule has 0 atom stereocenters. The highest BCUT2D eigenvalue weighted by Gasteiger charge is 2.14. The maximum atomic E-state index is 4.83. The minimum absolute atomic E-state index is 0.661. The summed E-state index contributed by atoms with van der Waals surface area (Å²) in [5.74, 6) is 1.40. The van der Waals surface area contributed by atoms with E-state index in [1.54, 1.807) is 12.4 Å². The molecule has 4 heterocycles. The number of hydrogen-bond acceptors (Lipinski definition) is 6. The zero-order valence-corrected chi connectivity index (χ0v) is 17.2. The van der Waals surface area contributed by atoms with Crippen LogP contribution in [0.25, 0.3) is 27.9 Å². The van der Waals surface area contributed by atoms with Crippen LogP contribution in [0.5, 0.6) is 0 Å². The Labute approximate surface area is 176 Å². The van der Waals surface area contributed by atoms with Gasteiger partial charge in [0.05, 0.1) is 5.52 Å². The number of hydrogen-bond donors (Lipinski definition) is 1. The van der Waals surface area contributed by atoms with Gasteiger partial charge in [-0.3, -0.25) is 4.98 Å². The number of nitrogens with one attached hydrogen (secondary N) is 1. The van der Waals surface area contributed by atoms with Gasteiger partial charge in [-0.15, -0.1) is 5.10 Å². The van der Waals surface area contributed by atoms with Gasteiger partial charge in [0, 0.05) is 29.9 Å². The van der Waals surface area contributed by atoms with Crippen molar-refractivity contribution in [2.24, 2.45) is 0 Å². The predicted molar refractivity (Wildman–Crippen MR) is 120 cm³/mol.